The number of ether oxygens (including phenoxy) is 1. The molecule has 0 aliphatic heterocycles. The first kappa shape index (κ1) is 16.3. The lowest BCUT2D eigenvalue weighted by molar-refractivity contribution is -0.131. The molecular weight excluding hydrogens is 328 g/mol. The number of anilines is 2. The molecular formula is C18H17ClN2O3. The Balaban J connectivity index is 1.73. The molecule has 3 rings (SSSR count). The Labute approximate surface area is 145 Å². The first-order valence-electron chi connectivity index (χ1n) is 7.57. The molecule has 0 saturated heterocycles. The SMILES string of the molecule is COc1ccccc1NC(=O)C1(C(=O)Nc2cccc(Cl)c2)CC1. The quantitative estimate of drug-likeness (QED) is 0.812. The summed E-state index contributed by atoms with van der Waals surface area (Å²) >= 11 is 5.92. The summed E-state index contributed by atoms with van der Waals surface area (Å²) in [6.45, 7) is 0. The number of halogens is 1. The second-order valence-corrected chi connectivity index (χ2v) is 6.14. The van der Waals surface area contributed by atoms with Crippen molar-refractivity contribution in [2.45, 2.75) is 12.8 Å². The van der Waals surface area contributed by atoms with E-state index >= 15 is 0 Å². The third-order valence-electron chi connectivity index (χ3n) is 4.06. The number of para-hydroxylation sites is 2. The monoisotopic (exact) mass is 344 g/mol. The molecule has 0 radical (unpaired) electrons. The molecule has 0 heterocycles. The number of methoxy groups -OCH3 is 1. The summed E-state index contributed by atoms with van der Waals surface area (Å²) in [7, 11) is 1.53. The Kier molecular flexibility index (Phi) is 4.44. The Hall–Kier alpha value is -2.53. The van der Waals surface area contributed by atoms with E-state index in [1.807, 2.05) is 6.07 Å². The first-order valence-corrected chi connectivity index (χ1v) is 7.94. The van der Waals surface area contributed by atoms with Crippen molar-refractivity contribution in [3.8, 4) is 5.75 Å². The van der Waals surface area contributed by atoms with Gasteiger partial charge in [0.1, 0.15) is 11.2 Å². The summed E-state index contributed by atoms with van der Waals surface area (Å²) in [5.74, 6) is -0.0967. The lowest BCUT2D eigenvalue weighted by Crippen LogP contribution is -2.35. The van der Waals surface area contributed by atoms with Crippen LogP contribution in [0.15, 0.2) is 48.5 Å². The molecule has 6 heteroatoms. The topological polar surface area (TPSA) is 67.4 Å². The van der Waals surface area contributed by atoms with Gasteiger partial charge >= 0.3 is 0 Å². The van der Waals surface area contributed by atoms with Crippen LogP contribution in [0.5, 0.6) is 5.75 Å². The van der Waals surface area contributed by atoms with Gasteiger partial charge in [-0.25, -0.2) is 0 Å². The zero-order valence-corrected chi connectivity index (χ0v) is 13.9. The fourth-order valence-corrected chi connectivity index (χ4v) is 2.68. The van der Waals surface area contributed by atoms with Crippen molar-refractivity contribution in [3.63, 3.8) is 0 Å². The number of carbonyl (C=O) groups excluding carboxylic acids is 2. The summed E-state index contributed by atoms with van der Waals surface area (Å²) in [5.41, 5.74) is 0.0825. The fraction of sp³-hybridized carbons (Fsp3) is 0.222. The van der Waals surface area contributed by atoms with Crippen LogP contribution >= 0.6 is 11.6 Å². The zero-order valence-electron chi connectivity index (χ0n) is 13.1. The highest BCUT2D eigenvalue weighted by Crippen LogP contribution is 2.48. The van der Waals surface area contributed by atoms with E-state index < -0.39 is 5.41 Å². The summed E-state index contributed by atoms with van der Waals surface area (Å²) in [4.78, 5) is 25.2. The highest BCUT2D eigenvalue weighted by molar-refractivity contribution is 6.31. The maximum Gasteiger partial charge on any atom is 0.240 e. The second-order valence-electron chi connectivity index (χ2n) is 5.70. The number of carbonyl (C=O) groups is 2. The zero-order chi connectivity index (χ0) is 17.2. The van der Waals surface area contributed by atoms with Crippen LogP contribution in [0.4, 0.5) is 11.4 Å². The molecule has 0 aromatic heterocycles. The van der Waals surface area contributed by atoms with Crippen LogP contribution in [0.1, 0.15) is 12.8 Å². The van der Waals surface area contributed by atoms with Crippen LogP contribution in [0.2, 0.25) is 5.02 Å². The van der Waals surface area contributed by atoms with Crippen LogP contribution in [-0.2, 0) is 9.59 Å². The van der Waals surface area contributed by atoms with Crippen molar-refractivity contribution >= 4 is 34.8 Å². The Morgan fingerprint density at radius 1 is 1.04 bits per heavy atom. The number of hydrogen-bond acceptors (Lipinski definition) is 3. The lowest BCUT2D eigenvalue weighted by Gasteiger charge is -2.17. The molecule has 5 nitrogen and oxygen atoms in total. The van der Waals surface area contributed by atoms with Crippen LogP contribution in [-0.4, -0.2) is 18.9 Å². The molecule has 1 saturated carbocycles. The van der Waals surface area contributed by atoms with E-state index in [9.17, 15) is 9.59 Å². The van der Waals surface area contributed by atoms with Crippen LogP contribution < -0.4 is 15.4 Å². The van der Waals surface area contributed by atoms with Gasteiger partial charge in [0.2, 0.25) is 11.8 Å². The van der Waals surface area contributed by atoms with E-state index in [0.29, 0.717) is 35.0 Å². The van der Waals surface area contributed by atoms with Gasteiger partial charge in [0.15, 0.2) is 0 Å². The molecule has 124 valence electrons. The molecule has 2 N–H and O–H groups in total. The third kappa shape index (κ3) is 3.21. The number of hydrogen-bond donors (Lipinski definition) is 2. The fourth-order valence-electron chi connectivity index (χ4n) is 2.49. The summed E-state index contributed by atoms with van der Waals surface area (Å²) in [5, 5.41) is 6.08. The second kappa shape index (κ2) is 6.53. The summed E-state index contributed by atoms with van der Waals surface area (Å²) in [6.07, 6.45) is 1.03. The van der Waals surface area contributed by atoms with Gasteiger partial charge in [0.25, 0.3) is 0 Å². The molecule has 0 atom stereocenters. The van der Waals surface area contributed by atoms with Gasteiger partial charge in [-0.05, 0) is 43.2 Å². The summed E-state index contributed by atoms with van der Waals surface area (Å²) in [6, 6.07) is 13.9. The molecule has 0 bridgehead atoms. The van der Waals surface area contributed by atoms with Gasteiger partial charge in [-0.2, -0.15) is 0 Å². The predicted molar refractivity (Wildman–Crippen MR) is 93.4 cm³/mol. The van der Waals surface area contributed by atoms with Gasteiger partial charge < -0.3 is 15.4 Å². The van der Waals surface area contributed by atoms with Crippen LogP contribution in [0, 0.1) is 5.41 Å². The minimum Gasteiger partial charge on any atom is -0.495 e. The highest BCUT2D eigenvalue weighted by atomic mass is 35.5. The average Bonchev–Trinajstić information content (AvgIpc) is 3.37. The van der Waals surface area contributed by atoms with Crippen LogP contribution in [0.25, 0.3) is 0 Å². The van der Waals surface area contributed by atoms with Crippen molar-refractivity contribution in [2.24, 2.45) is 5.41 Å². The molecule has 0 unspecified atom stereocenters. The Morgan fingerprint density at radius 2 is 1.75 bits per heavy atom. The number of nitrogens with one attached hydrogen (secondary N) is 2. The first-order chi connectivity index (χ1) is 11.5. The standard InChI is InChI=1S/C18H17ClN2O3/c1-24-15-8-3-2-7-14(15)21-17(23)18(9-10-18)16(22)20-13-6-4-5-12(19)11-13/h2-8,11H,9-10H2,1H3,(H,20,22)(H,21,23). The van der Waals surface area contributed by atoms with Crippen LogP contribution in [0.3, 0.4) is 0 Å². The molecule has 2 aromatic carbocycles. The van der Waals surface area contributed by atoms with E-state index in [1.54, 1.807) is 42.5 Å². The molecule has 1 aliphatic rings. The Bertz CT molecular complexity index is 787. The van der Waals surface area contributed by atoms with Gasteiger partial charge in [-0.1, -0.05) is 29.8 Å². The van der Waals surface area contributed by atoms with Crippen molar-refractivity contribution in [1.82, 2.24) is 0 Å². The lowest BCUT2D eigenvalue weighted by atomic mass is 10.0. The van der Waals surface area contributed by atoms with E-state index in [0.717, 1.165) is 0 Å². The molecule has 1 fully saturated rings. The molecule has 1 aliphatic carbocycles. The number of benzene rings is 2. The van der Waals surface area contributed by atoms with Gasteiger partial charge in [-0.3, -0.25) is 9.59 Å². The van der Waals surface area contributed by atoms with E-state index in [1.165, 1.54) is 7.11 Å². The van der Waals surface area contributed by atoms with E-state index in [4.69, 9.17) is 16.3 Å². The number of amides is 2. The van der Waals surface area contributed by atoms with Gasteiger partial charge in [0, 0.05) is 10.7 Å². The van der Waals surface area contributed by atoms with Crippen molar-refractivity contribution in [2.75, 3.05) is 17.7 Å². The number of rotatable bonds is 5. The predicted octanol–water partition coefficient (Wildman–Crippen LogP) is 3.71. The molecule has 2 amide bonds. The summed E-state index contributed by atoms with van der Waals surface area (Å²) < 4.78 is 5.22. The normalized spacial score (nSPS) is 14.6. The molecule has 0 spiro atoms. The smallest absolute Gasteiger partial charge is 0.240 e. The average molecular weight is 345 g/mol. The minimum atomic E-state index is -1.04. The van der Waals surface area contributed by atoms with E-state index in [2.05, 4.69) is 10.6 Å². The van der Waals surface area contributed by atoms with Crippen molar-refractivity contribution in [3.05, 3.63) is 53.6 Å². The maximum atomic E-state index is 12.6. The van der Waals surface area contributed by atoms with Gasteiger partial charge in [-0.15, -0.1) is 0 Å². The Morgan fingerprint density at radius 3 is 2.42 bits per heavy atom. The van der Waals surface area contributed by atoms with Crippen molar-refractivity contribution in [1.29, 1.82) is 0 Å². The van der Waals surface area contributed by atoms with E-state index in [-0.39, 0.29) is 11.8 Å². The minimum absolute atomic E-state index is 0.322. The highest BCUT2D eigenvalue weighted by Gasteiger charge is 2.56. The molecule has 24 heavy (non-hydrogen) atoms. The largest absolute Gasteiger partial charge is 0.495 e. The molecule has 2 aromatic rings. The third-order valence-corrected chi connectivity index (χ3v) is 4.29. The van der Waals surface area contributed by atoms with Crippen molar-refractivity contribution < 1.29 is 14.3 Å². The maximum absolute atomic E-state index is 12.6. The van der Waals surface area contributed by atoms with Gasteiger partial charge in [0.05, 0.1) is 12.8 Å².